The van der Waals surface area contributed by atoms with E-state index in [0.717, 1.165) is 38.4 Å². The predicted molar refractivity (Wildman–Crippen MR) is 69.4 cm³/mol. The smallest absolute Gasteiger partial charge is 0.250 e. The van der Waals surface area contributed by atoms with Gasteiger partial charge in [0, 0.05) is 26.0 Å². The van der Waals surface area contributed by atoms with Crippen LogP contribution < -0.4 is 11.1 Å². The van der Waals surface area contributed by atoms with Crippen LogP contribution in [0.5, 0.6) is 0 Å². The molecule has 18 heavy (non-hydrogen) atoms. The van der Waals surface area contributed by atoms with E-state index in [1.165, 1.54) is 12.6 Å². The minimum Gasteiger partial charge on any atom is -0.381 e. The van der Waals surface area contributed by atoms with Gasteiger partial charge in [-0.3, -0.25) is 4.79 Å². The maximum Gasteiger partial charge on any atom is 0.250 e. The van der Waals surface area contributed by atoms with E-state index in [9.17, 15) is 4.79 Å². The van der Waals surface area contributed by atoms with Crippen molar-refractivity contribution >= 4 is 11.7 Å². The van der Waals surface area contributed by atoms with E-state index in [0.29, 0.717) is 11.5 Å². The zero-order chi connectivity index (χ0) is 12.8. The molecular weight excluding hydrogens is 230 g/mol. The molecule has 2 heterocycles. The van der Waals surface area contributed by atoms with E-state index < -0.39 is 5.91 Å². The van der Waals surface area contributed by atoms with E-state index in [1.54, 1.807) is 12.1 Å². The van der Waals surface area contributed by atoms with Crippen molar-refractivity contribution in [3.63, 3.8) is 0 Å². The van der Waals surface area contributed by atoms with Crippen molar-refractivity contribution < 1.29 is 9.53 Å². The molecule has 0 spiro atoms. The van der Waals surface area contributed by atoms with Gasteiger partial charge in [-0.25, -0.2) is 4.98 Å². The summed E-state index contributed by atoms with van der Waals surface area (Å²) >= 11 is 0. The molecule has 0 unspecified atom stereocenters. The summed E-state index contributed by atoms with van der Waals surface area (Å²) in [5, 5.41) is 3.24. The Balaban J connectivity index is 1.74. The van der Waals surface area contributed by atoms with Crippen LogP contribution in [-0.4, -0.2) is 30.6 Å². The van der Waals surface area contributed by atoms with Crippen LogP contribution >= 0.6 is 0 Å². The highest BCUT2D eigenvalue weighted by molar-refractivity contribution is 5.92. The number of nitrogens with zero attached hydrogens (tertiary/aromatic N) is 1. The number of rotatable bonds is 5. The Kier molecular flexibility index (Phi) is 4.52. The van der Waals surface area contributed by atoms with Crippen molar-refractivity contribution in [2.75, 3.05) is 25.1 Å². The zero-order valence-corrected chi connectivity index (χ0v) is 10.4. The molecule has 0 aliphatic carbocycles. The van der Waals surface area contributed by atoms with Crippen molar-refractivity contribution in [1.82, 2.24) is 4.98 Å². The summed E-state index contributed by atoms with van der Waals surface area (Å²) < 4.78 is 5.43. The van der Waals surface area contributed by atoms with E-state index in [1.807, 2.05) is 0 Å². The summed E-state index contributed by atoms with van der Waals surface area (Å²) in [7, 11) is 0. The third-order valence-corrected chi connectivity index (χ3v) is 3.16. The number of nitrogens with two attached hydrogens (primary N) is 1. The van der Waals surface area contributed by atoms with E-state index in [-0.39, 0.29) is 0 Å². The third-order valence-electron chi connectivity index (χ3n) is 3.16. The van der Waals surface area contributed by atoms with Crippen LogP contribution in [0.2, 0.25) is 0 Å². The minimum absolute atomic E-state index is 0.432. The largest absolute Gasteiger partial charge is 0.381 e. The van der Waals surface area contributed by atoms with E-state index >= 15 is 0 Å². The van der Waals surface area contributed by atoms with Crippen molar-refractivity contribution in [3.05, 3.63) is 23.9 Å². The number of ether oxygens (including phenoxy) is 1. The topological polar surface area (TPSA) is 77.2 Å². The lowest BCUT2D eigenvalue weighted by Crippen LogP contribution is -2.20. The van der Waals surface area contributed by atoms with Crippen molar-refractivity contribution in [2.24, 2.45) is 11.7 Å². The monoisotopic (exact) mass is 249 g/mol. The van der Waals surface area contributed by atoms with Gasteiger partial charge >= 0.3 is 0 Å². The van der Waals surface area contributed by atoms with Crippen molar-refractivity contribution in [2.45, 2.75) is 19.3 Å². The molecule has 0 saturated carbocycles. The van der Waals surface area contributed by atoms with Gasteiger partial charge in [0.25, 0.3) is 0 Å². The van der Waals surface area contributed by atoms with Gasteiger partial charge < -0.3 is 15.8 Å². The van der Waals surface area contributed by atoms with Crippen LogP contribution in [-0.2, 0) is 4.74 Å². The molecule has 98 valence electrons. The van der Waals surface area contributed by atoms with Crippen LogP contribution in [0.1, 0.15) is 29.6 Å². The predicted octanol–water partition coefficient (Wildman–Crippen LogP) is 1.41. The summed E-state index contributed by atoms with van der Waals surface area (Å²) in [5.74, 6) is 0.973. The number of amides is 1. The Labute approximate surface area is 107 Å². The molecule has 0 aromatic carbocycles. The molecule has 5 heteroatoms. The molecule has 1 aliphatic heterocycles. The van der Waals surface area contributed by atoms with Crippen LogP contribution in [0, 0.1) is 5.92 Å². The first-order valence-electron chi connectivity index (χ1n) is 6.33. The number of pyridine rings is 1. The van der Waals surface area contributed by atoms with Crippen LogP contribution in [0.25, 0.3) is 0 Å². The quantitative estimate of drug-likeness (QED) is 0.827. The molecule has 3 N–H and O–H groups in total. The zero-order valence-electron chi connectivity index (χ0n) is 10.4. The van der Waals surface area contributed by atoms with E-state index in [4.69, 9.17) is 10.5 Å². The Morgan fingerprint density at radius 2 is 2.44 bits per heavy atom. The Bertz CT molecular complexity index is 386. The highest BCUT2D eigenvalue weighted by Crippen LogP contribution is 2.17. The van der Waals surface area contributed by atoms with Gasteiger partial charge in [-0.1, -0.05) is 0 Å². The number of nitrogens with one attached hydrogen (secondary N) is 1. The van der Waals surface area contributed by atoms with Gasteiger partial charge in [0.15, 0.2) is 0 Å². The average molecular weight is 249 g/mol. The van der Waals surface area contributed by atoms with Crippen molar-refractivity contribution in [3.8, 4) is 0 Å². The summed E-state index contributed by atoms with van der Waals surface area (Å²) in [5.41, 5.74) is 5.58. The number of aromatic nitrogens is 1. The Hall–Kier alpha value is -1.62. The highest BCUT2D eigenvalue weighted by atomic mass is 16.5. The number of hydrogen-bond acceptors (Lipinski definition) is 4. The lowest BCUT2D eigenvalue weighted by Gasteiger charge is -2.21. The number of carbonyl (C=O) groups excluding carboxylic acids is 1. The number of primary amides is 1. The van der Waals surface area contributed by atoms with E-state index in [2.05, 4.69) is 10.3 Å². The maximum absolute atomic E-state index is 10.9. The van der Waals surface area contributed by atoms with Gasteiger partial charge in [0.1, 0.15) is 5.82 Å². The Morgan fingerprint density at radius 1 is 1.56 bits per heavy atom. The molecule has 1 aromatic heterocycles. The molecule has 1 atom stereocenters. The fraction of sp³-hybridized carbons (Fsp3) is 0.538. The minimum atomic E-state index is -0.451. The number of anilines is 1. The molecule has 0 radical (unpaired) electrons. The second-order valence-electron chi connectivity index (χ2n) is 4.59. The lowest BCUT2D eigenvalue weighted by molar-refractivity contribution is 0.0530. The molecule has 5 nitrogen and oxygen atoms in total. The fourth-order valence-corrected chi connectivity index (χ4v) is 2.08. The summed E-state index contributed by atoms with van der Waals surface area (Å²) in [4.78, 5) is 15.0. The van der Waals surface area contributed by atoms with Crippen LogP contribution in [0.4, 0.5) is 5.82 Å². The fourth-order valence-electron chi connectivity index (χ4n) is 2.08. The molecule has 1 amide bonds. The molecule has 1 fully saturated rings. The molecule has 1 saturated heterocycles. The second kappa shape index (κ2) is 6.35. The SMILES string of the molecule is NC(=O)c1ccc(NCC[C@H]2CCCOC2)nc1. The van der Waals surface area contributed by atoms with Gasteiger partial charge in [-0.2, -0.15) is 0 Å². The van der Waals surface area contributed by atoms with Gasteiger partial charge in [-0.05, 0) is 37.3 Å². The van der Waals surface area contributed by atoms with Crippen LogP contribution in [0.3, 0.4) is 0 Å². The number of carbonyl (C=O) groups is 1. The summed E-state index contributed by atoms with van der Waals surface area (Å²) in [6.45, 7) is 2.65. The standard InChI is InChI=1S/C13H19N3O2/c14-13(17)11-3-4-12(16-8-11)15-6-5-10-2-1-7-18-9-10/h3-4,8,10H,1-2,5-7,9H2,(H2,14,17)(H,15,16)/t10-/m1/s1. The number of hydrogen-bond donors (Lipinski definition) is 2. The Morgan fingerprint density at radius 3 is 3.06 bits per heavy atom. The average Bonchev–Trinajstić information content (AvgIpc) is 2.40. The molecule has 0 bridgehead atoms. The first kappa shape index (κ1) is 12.8. The second-order valence-corrected chi connectivity index (χ2v) is 4.59. The first-order chi connectivity index (χ1) is 8.75. The molecular formula is C13H19N3O2. The van der Waals surface area contributed by atoms with Gasteiger partial charge in [-0.15, -0.1) is 0 Å². The molecule has 1 aromatic rings. The highest BCUT2D eigenvalue weighted by Gasteiger charge is 2.13. The maximum atomic E-state index is 10.9. The normalized spacial score (nSPS) is 19.4. The summed E-state index contributed by atoms with van der Waals surface area (Å²) in [6.07, 6.45) is 4.99. The first-order valence-corrected chi connectivity index (χ1v) is 6.33. The van der Waals surface area contributed by atoms with Crippen LogP contribution in [0.15, 0.2) is 18.3 Å². The van der Waals surface area contributed by atoms with Crippen molar-refractivity contribution in [1.29, 1.82) is 0 Å². The molecule has 2 rings (SSSR count). The summed E-state index contributed by atoms with van der Waals surface area (Å²) in [6, 6.07) is 3.46. The third kappa shape index (κ3) is 3.70. The lowest BCUT2D eigenvalue weighted by atomic mass is 9.99. The molecule has 1 aliphatic rings. The van der Waals surface area contributed by atoms with Gasteiger partial charge in [0.2, 0.25) is 5.91 Å². The van der Waals surface area contributed by atoms with Gasteiger partial charge in [0.05, 0.1) is 5.56 Å².